The quantitative estimate of drug-likeness (QED) is 0.877. The van der Waals surface area contributed by atoms with Crippen LogP contribution in [0, 0.1) is 0 Å². The molecular weight excluding hydrogens is 250 g/mol. The van der Waals surface area contributed by atoms with Gasteiger partial charge in [-0.2, -0.15) is 4.98 Å². The Balaban J connectivity index is 1.79. The van der Waals surface area contributed by atoms with Crippen LogP contribution in [-0.2, 0) is 0 Å². The second-order valence-electron chi connectivity index (χ2n) is 5.56. The maximum atomic E-state index is 5.92. The summed E-state index contributed by atoms with van der Waals surface area (Å²) in [5.41, 5.74) is 1.83. The number of para-hydroxylation sites is 2. The molecule has 0 spiro atoms. The highest BCUT2D eigenvalue weighted by atomic mass is 16.4. The van der Waals surface area contributed by atoms with E-state index in [1.165, 1.54) is 25.7 Å². The molecule has 1 aromatic heterocycles. The van der Waals surface area contributed by atoms with Gasteiger partial charge in [0.2, 0.25) is 0 Å². The molecule has 0 saturated carbocycles. The van der Waals surface area contributed by atoms with Crippen molar-refractivity contribution in [3.8, 4) is 0 Å². The number of fused-ring (bicyclic) bond motifs is 1. The van der Waals surface area contributed by atoms with Gasteiger partial charge in [0.15, 0.2) is 5.58 Å². The van der Waals surface area contributed by atoms with Gasteiger partial charge in [-0.3, -0.25) is 0 Å². The predicted molar refractivity (Wildman–Crippen MR) is 82.2 cm³/mol. The number of benzene rings is 1. The molecule has 4 heteroatoms. The first kappa shape index (κ1) is 13.4. The molecule has 20 heavy (non-hydrogen) atoms. The number of anilines is 1. The third-order valence-electron chi connectivity index (χ3n) is 3.94. The van der Waals surface area contributed by atoms with E-state index in [0.717, 1.165) is 36.7 Å². The molecule has 1 N–H and O–H groups in total. The molecule has 0 amide bonds. The molecule has 0 radical (unpaired) electrons. The molecule has 108 valence electrons. The monoisotopic (exact) mass is 273 g/mol. The van der Waals surface area contributed by atoms with Crippen molar-refractivity contribution in [1.82, 2.24) is 10.3 Å². The van der Waals surface area contributed by atoms with Crippen LogP contribution < -0.4 is 10.2 Å². The van der Waals surface area contributed by atoms with Crippen molar-refractivity contribution >= 4 is 17.1 Å². The van der Waals surface area contributed by atoms with E-state index in [4.69, 9.17) is 4.42 Å². The van der Waals surface area contributed by atoms with E-state index in [-0.39, 0.29) is 0 Å². The van der Waals surface area contributed by atoms with E-state index in [9.17, 15) is 0 Å². The lowest BCUT2D eigenvalue weighted by atomic mass is 10.2. The molecule has 3 rings (SSSR count). The molecule has 0 bridgehead atoms. The van der Waals surface area contributed by atoms with E-state index in [1.807, 2.05) is 24.3 Å². The van der Waals surface area contributed by atoms with Crippen molar-refractivity contribution in [3.63, 3.8) is 0 Å². The van der Waals surface area contributed by atoms with E-state index in [2.05, 4.69) is 22.1 Å². The van der Waals surface area contributed by atoms with Crippen molar-refractivity contribution < 1.29 is 4.42 Å². The average molecular weight is 273 g/mol. The minimum Gasteiger partial charge on any atom is -0.423 e. The van der Waals surface area contributed by atoms with Gasteiger partial charge in [-0.15, -0.1) is 0 Å². The Morgan fingerprint density at radius 3 is 3.05 bits per heavy atom. The summed E-state index contributed by atoms with van der Waals surface area (Å²) in [6.45, 7) is 5.37. The zero-order chi connectivity index (χ0) is 13.8. The van der Waals surface area contributed by atoms with Gasteiger partial charge in [-0.1, -0.05) is 25.5 Å². The van der Waals surface area contributed by atoms with Gasteiger partial charge in [0, 0.05) is 19.1 Å². The number of aromatic nitrogens is 1. The number of oxazole rings is 1. The molecule has 1 aliphatic rings. The topological polar surface area (TPSA) is 41.3 Å². The largest absolute Gasteiger partial charge is 0.423 e. The minimum atomic E-state index is 0.571. The summed E-state index contributed by atoms with van der Waals surface area (Å²) in [5, 5.41) is 3.56. The van der Waals surface area contributed by atoms with Crippen LogP contribution in [0.5, 0.6) is 0 Å². The first-order chi connectivity index (χ1) is 9.86. The van der Waals surface area contributed by atoms with Crippen LogP contribution in [0.4, 0.5) is 6.01 Å². The Kier molecular flexibility index (Phi) is 4.21. The molecule has 1 aliphatic heterocycles. The number of nitrogens with one attached hydrogen (secondary N) is 1. The zero-order valence-electron chi connectivity index (χ0n) is 12.1. The second-order valence-corrected chi connectivity index (χ2v) is 5.56. The van der Waals surface area contributed by atoms with Gasteiger partial charge in [0.05, 0.1) is 0 Å². The van der Waals surface area contributed by atoms with Crippen LogP contribution in [-0.4, -0.2) is 30.7 Å². The van der Waals surface area contributed by atoms with E-state index >= 15 is 0 Å². The molecular formula is C16H23N3O. The highest BCUT2D eigenvalue weighted by molar-refractivity contribution is 5.74. The maximum Gasteiger partial charge on any atom is 0.298 e. The van der Waals surface area contributed by atoms with Crippen LogP contribution in [0.1, 0.15) is 32.6 Å². The minimum absolute atomic E-state index is 0.571. The molecule has 1 atom stereocenters. The van der Waals surface area contributed by atoms with Gasteiger partial charge >= 0.3 is 0 Å². The highest BCUT2D eigenvalue weighted by Crippen LogP contribution is 2.23. The fourth-order valence-electron chi connectivity index (χ4n) is 2.79. The molecule has 4 nitrogen and oxygen atoms in total. The smallest absolute Gasteiger partial charge is 0.298 e. The van der Waals surface area contributed by atoms with Crippen LogP contribution >= 0.6 is 0 Å². The van der Waals surface area contributed by atoms with E-state index in [0.29, 0.717) is 6.04 Å². The van der Waals surface area contributed by atoms with Gasteiger partial charge in [-0.05, 0) is 37.9 Å². The van der Waals surface area contributed by atoms with Gasteiger partial charge in [0.25, 0.3) is 6.01 Å². The van der Waals surface area contributed by atoms with Crippen molar-refractivity contribution in [1.29, 1.82) is 0 Å². The SMILES string of the molecule is CCCCN(CC1CCCN1)c1nc2ccccc2o1. The number of hydrogen-bond donors (Lipinski definition) is 1. The fourth-order valence-corrected chi connectivity index (χ4v) is 2.79. The Hall–Kier alpha value is -1.55. The summed E-state index contributed by atoms with van der Waals surface area (Å²) in [6.07, 6.45) is 4.89. The van der Waals surface area contributed by atoms with E-state index < -0.39 is 0 Å². The van der Waals surface area contributed by atoms with E-state index in [1.54, 1.807) is 0 Å². The van der Waals surface area contributed by atoms with Crippen molar-refractivity contribution in [2.24, 2.45) is 0 Å². The van der Waals surface area contributed by atoms with Crippen LogP contribution in [0.25, 0.3) is 11.1 Å². The highest BCUT2D eigenvalue weighted by Gasteiger charge is 2.21. The van der Waals surface area contributed by atoms with Crippen LogP contribution in [0.3, 0.4) is 0 Å². The lowest BCUT2D eigenvalue weighted by Crippen LogP contribution is -2.38. The second kappa shape index (κ2) is 6.27. The molecule has 1 aromatic carbocycles. The lowest BCUT2D eigenvalue weighted by Gasteiger charge is -2.24. The first-order valence-electron chi connectivity index (χ1n) is 7.70. The lowest BCUT2D eigenvalue weighted by molar-refractivity contribution is 0.514. The summed E-state index contributed by atoms with van der Waals surface area (Å²) in [4.78, 5) is 6.94. The Morgan fingerprint density at radius 1 is 1.40 bits per heavy atom. The number of hydrogen-bond acceptors (Lipinski definition) is 4. The molecule has 1 unspecified atom stereocenters. The van der Waals surface area contributed by atoms with Gasteiger partial charge in [-0.25, -0.2) is 0 Å². The van der Waals surface area contributed by atoms with Gasteiger partial charge < -0.3 is 14.6 Å². The van der Waals surface area contributed by atoms with Gasteiger partial charge in [0.1, 0.15) is 5.52 Å². The fraction of sp³-hybridized carbons (Fsp3) is 0.562. The molecule has 2 aromatic rings. The summed E-state index contributed by atoms with van der Waals surface area (Å²) >= 11 is 0. The standard InChI is InChI=1S/C16H23N3O/c1-2-3-11-19(12-13-7-6-10-17-13)16-18-14-8-4-5-9-15(14)20-16/h4-5,8-9,13,17H,2-3,6-7,10-12H2,1H3. The summed E-state index contributed by atoms with van der Waals surface area (Å²) in [7, 11) is 0. The molecule has 2 heterocycles. The summed E-state index contributed by atoms with van der Waals surface area (Å²) < 4.78 is 5.92. The van der Waals surface area contributed by atoms with Crippen molar-refractivity contribution in [2.75, 3.05) is 24.5 Å². The third-order valence-corrected chi connectivity index (χ3v) is 3.94. The van der Waals surface area contributed by atoms with Crippen LogP contribution in [0.2, 0.25) is 0 Å². The number of rotatable bonds is 6. The number of unbranched alkanes of at least 4 members (excludes halogenated alkanes) is 1. The van der Waals surface area contributed by atoms with Crippen molar-refractivity contribution in [2.45, 2.75) is 38.6 Å². The molecule has 1 fully saturated rings. The number of nitrogens with zero attached hydrogens (tertiary/aromatic N) is 2. The average Bonchev–Trinajstić information content (AvgIpc) is 3.12. The van der Waals surface area contributed by atoms with Crippen molar-refractivity contribution in [3.05, 3.63) is 24.3 Å². The first-order valence-corrected chi connectivity index (χ1v) is 7.70. The summed E-state index contributed by atoms with van der Waals surface area (Å²) in [5.74, 6) is 0. The Morgan fingerprint density at radius 2 is 2.30 bits per heavy atom. The van der Waals surface area contributed by atoms with Crippen LogP contribution in [0.15, 0.2) is 28.7 Å². The zero-order valence-corrected chi connectivity index (χ0v) is 12.1. The third kappa shape index (κ3) is 2.96. The maximum absolute atomic E-state index is 5.92. The molecule has 1 saturated heterocycles. The molecule has 0 aliphatic carbocycles. The Labute approximate surface area is 120 Å². The Bertz CT molecular complexity index is 512. The predicted octanol–water partition coefficient (Wildman–Crippen LogP) is 3.19. The normalized spacial score (nSPS) is 18.8. The summed E-state index contributed by atoms with van der Waals surface area (Å²) in [6, 6.07) is 9.33.